The number of carbonyl (C=O) groups excluding carboxylic acids is 1. The molecule has 0 radical (unpaired) electrons. The number of benzene rings is 1. The van der Waals surface area contributed by atoms with Crippen LogP contribution in [0.1, 0.15) is 55.1 Å². The van der Waals surface area contributed by atoms with Crippen LogP contribution in [0.4, 0.5) is 0 Å². The molecule has 4 bridgehead atoms. The molecule has 5 aliphatic rings. The summed E-state index contributed by atoms with van der Waals surface area (Å²) in [4.78, 5) is 15.9. The van der Waals surface area contributed by atoms with Gasteiger partial charge in [0.25, 0.3) is 5.91 Å². The van der Waals surface area contributed by atoms with E-state index >= 15 is 0 Å². The molecule has 4 saturated carbocycles. The van der Waals surface area contributed by atoms with Crippen LogP contribution in [0.2, 0.25) is 0 Å². The van der Waals surface area contributed by atoms with Gasteiger partial charge in [-0.2, -0.15) is 5.10 Å². The maximum absolute atomic E-state index is 13.7. The van der Waals surface area contributed by atoms with E-state index < -0.39 is 5.60 Å². The average molecular weight is 392 g/mol. The second kappa shape index (κ2) is 6.18. The summed E-state index contributed by atoms with van der Waals surface area (Å²) in [6.07, 6.45) is 7.72. The number of carbonyl (C=O) groups is 1. The summed E-state index contributed by atoms with van der Waals surface area (Å²) in [5.74, 6) is 2.10. The largest absolute Gasteiger partial charge is 0.390 e. The summed E-state index contributed by atoms with van der Waals surface area (Å²) in [6, 6.07) is 10.4. The number of nitrogens with zero attached hydrogens (tertiary/aromatic N) is 3. The van der Waals surface area contributed by atoms with Gasteiger partial charge in [-0.1, -0.05) is 25.1 Å². The second-order valence-corrected chi connectivity index (χ2v) is 10.2. The SMILES string of the molecule is CC1Cc2c(cnn2-c2ccccc2)C(=O)N(C2[C@@H]3CC4C[C@H]2CC(O)(C4)C3)C1. The van der Waals surface area contributed by atoms with E-state index in [-0.39, 0.29) is 11.9 Å². The van der Waals surface area contributed by atoms with Crippen molar-refractivity contribution in [3.63, 3.8) is 0 Å². The third kappa shape index (κ3) is 2.70. The molecule has 1 aromatic carbocycles. The quantitative estimate of drug-likeness (QED) is 0.853. The number of aromatic nitrogens is 2. The lowest BCUT2D eigenvalue weighted by Crippen LogP contribution is -2.62. The van der Waals surface area contributed by atoms with Crippen LogP contribution in [-0.4, -0.2) is 43.9 Å². The molecule has 5 heteroatoms. The second-order valence-electron chi connectivity index (χ2n) is 10.2. The van der Waals surface area contributed by atoms with Gasteiger partial charge in [0.15, 0.2) is 0 Å². The zero-order valence-corrected chi connectivity index (χ0v) is 17.0. The predicted molar refractivity (Wildman–Crippen MR) is 110 cm³/mol. The first-order valence-electron chi connectivity index (χ1n) is 11.2. The molecule has 29 heavy (non-hydrogen) atoms. The van der Waals surface area contributed by atoms with Gasteiger partial charge in [-0.05, 0) is 74.3 Å². The molecule has 0 spiro atoms. The van der Waals surface area contributed by atoms with Crippen LogP contribution < -0.4 is 0 Å². The van der Waals surface area contributed by atoms with E-state index in [1.54, 1.807) is 6.20 Å². The Hall–Kier alpha value is -2.14. The Morgan fingerprint density at radius 3 is 2.52 bits per heavy atom. The van der Waals surface area contributed by atoms with Crippen molar-refractivity contribution in [2.24, 2.45) is 23.7 Å². The molecule has 1 N–H and O–H groups in total. The van der Waals surface area contributed by atoms with E-state index in [0.29, 0.717) is 23.7 Å². The lowest BCUT2D eigenvalue weighted by atomic mass is 9.52. The van der Waals surface area contributed by atoms with Crippen LogP contribution in [0.5, 0.6) is 0 Å². The van der Waals surface area contributed by atoms with Crippen LogP contribution >= 0.6 is 0 Å². The van der Waals surface area contributed by atoms with Crippen LogP contribution in [0.15, 0.2) is 36.5 Å². The van der Waals surface area contributed by atoms with Gasteiger partial charge in [-0.3, -0.25) is 4.79 Å². The Morgan fingerprint density at radius 1 is 1.10 bits per heavy atom. The molecular formula is C24H29N3O2. The van der Waals surface area contributed by atoms with E-state index in [2.05, 4.69) is 16.9 Å². The summed E-state index contributed by atoms with van der Waals surface area (Å²) in [5, 5.41) is 15.6. The zero-order chi connectivity index (χ0) is 19.8. The molecule has 2 heterocycles. The van der Waals surface area contributed by atoms with Gasteiger partial charge in [0.1, 0.15) is 0 Å². The fourth-order valence-electron chi connectivity index (χ4n) is 7.23. The molecule has 1 aliphatic heterocycles. The monoisotopic (exact) mass is 391 g/mol. The summed E-state index contributed by atoms with van der Waals surface area (Å²) >= 11 is 0. The van der Waals surface area contributed by atoms with Crippen molar-refractivity contribution in [1.82, 2.24) is 14.7 Å². The Morgan fingerprint density at radius 2 is 1.83 bits per heavy atom. The summed E-state index contributed by atoms with van der Waals surface area (Å²) in [5.41, 5.74) is 2.36. The minimum Gasteiger partial charge on any atom is -0.390 e. The zero-order valence-electron chi connectivity index (χ0n) is 17.0. The highest BCUT2D eigenvalue weighted by atomic mass is 16.3. The summed E-state index contributed by atoms with van der Waals surface area (Å²) in [7, 11) is 0. The standard InChI is InChI=1S/C24H29N3O2/c1-15-7-21-20(13-25-27(21)19-5-3-2-4-6-19)23(28)26(14-15)22-17-8-16-9-18(22)12-24(29,10-16)11-17/h2-6,13,15-18,22,29H,7-12,14H2,1H3/t15?,16?,17-,18+,22?,24?. The predicted octanol–water partition coefficient (Wildman–Crippen LogP) is 3.45. The van der Waals surface area contributed by atoms with Crippen molar-refractivity contribution in [2.45, 2.75) is 57.1 Å². The molecule has 1 aromatic heterocycles. The van der Waals surface area contributed by atoms with E-state index in [4.69, 9.17) is 0 Å². The van der Waals surface area contributed by atoms with E-state index in [1.807, 2.05) is 35.0 Å². The number of fused-ring (bicyclic) bond motifs is 1. The van der Waals surface area contributed by atoms with Gasteiger partial charge in [0, 0.05) is 12.6 Å². The fourth-order valence-corrected chi connectivity index (χ4v) is 7.23. The van der Waals surface area contributed by atoms with Crippen LogP contribution in [-0.2, 0) is 6.42 Å². The summed E-state index contributed by atoms with van der Waals surface area (Å²) < 4.78 is 1.95. The Bertz CT molecular complexity index is 936. The topological polar surface area (TPSA) is 58.4 Å². The van der Waals surface area contributed by atoms with E-state index in [0.717, 1.165) is 49.2 Å². The fraction of sp³-hybridized carbons (Fsp3) is 0.583. The maximum atomic E-state index is 13.7. The van der Waals surface area contributed by atoms with Gasteiger partial charge in [-0.15, -0.1) is 0 Å². The number of hydrogen-bond donors (Lipinski definition) is 1. The molecule has 152 valence electrons. The molecule has 1 amide bonds. The van der Waals surface area contributed by atoms with Gasteiger partial charge >= 0.3 is 0 Å². The molecule has 6 atom stereocenters. The first-order valence-corrected chi connectivity index (χ1v) is 11.2. The third-order valence-electron chi connectivity index (χ3n) is 7.96. The van der Waals surface area contributed by atoms with Crippen LogP contribution in [0, 0.1) is 23.7 Å². The lowest BCUT2D eigenvalue weighted by molar-refractivity contribution is -0.155. The highest BCUT2D eigenvalue weighted by Crippen LogP contribution is 2.57. The maximum Gasteiger partial charge on any atom is 0.257 e. The first-order chi connectivity index (χ1) is 14.0. The molecular weight excluding hydrogens is 362 g/mol. The number of aliphatic hydroxyl groups is 1. The van der Waals surface area contributed by atoms with Gasteiger partial charge in [-0.25, -0.2) is 4.68 Å². The van der Waals surface area contributed by atoms with E-state index in [9.17, 15) is 9.90 Å². The minimum absolute atomic E-state index is 0.149. The first kappa shape index (κ1) is 17.7. The van der Waals surface area contributed by atoms with Gasteiger partial charge in [0.05, 0.1) is 28.7 Å². The van der Waals surface area contributed by atoms with Crippen molar-refractivity contribution in [1.29, 1.82) is 0 Å². The van der Waals surface area contributed by atoms with Crippen molar-refractivity contribution in [2.75, 3.05) is 6.54 Å². The smallest absolute Gasteiger partial charge is 0.257 e. The average Bonchev–Trinajstić information content (AvgIpc) is 3.04. The molecule has 2 aromatic rings. The Kier molecular flexibility index (Phi) is 3.77. The summed E-state index contributed by atoms with van der Waals surface area (Å²) in [6.45, 7) is 3.06. The van der Waals surface area contributed by atoms with Gasteiger partial charge < -0.3 is 10.0 Å². The molecule has 4 fully saturated rings. The highest BCUT2D eigenvalue weighted by Gasteiger charge is 2.57. The van der Waals surface area contributed by atoms with Crippen molar-refractivity contribution in [3.8, 4) is 5.69 Å². The third-order valence-corrected chi connectivity index (χ3v) is 7.96. The van der Waals surface area contributed by atoms with Crippen molar-refractivity contribution >= 4 is 5.91 Å². The molecule has 4 unspecified atom stereocenters. The van der Waals surface area contributed by atoms with Crippen LogP contribution in [0.3, 0.4) is 0 Å². The van der Waals surface area contributed by atoms with Gasteiger partial charge in [0.2, 0.25) is 0 Å². The van der Waals surface area contributed by atoms with Crippen molar-refractivity contribution < 1.29 is 9.90 Å². The Labute approximate surface area is 171 Å². The lowest BCUT2D eigenvalue weighted by Gasteiger charge is -2.60. The number of amides is 1. The van der Waals surface area contributed by atoms with Crippen molar-refractivity contribution in [3.05, 3.63) is 47.8 Å². The number of rotatable bonds is 2. The highest BCUT2D eigenvalue weighted by molar-refractivity contribution is 5.96. The number of para-hydroxylation sites is 1. The molecule has 5 nitrogen and oxygen atoms in total. The Balaban J connectivity index is 1.37. The normalized spacial score (nSPS) is 38.2. The molecule has 0 saturated heterocycles. The van der Waals surface area contributed by atoms with E-state index in [1.165, 1.54) is 12.8 Å². The molecule has 4 aliphatic carbocycles. The minimum atomic E-state index is -0.461. The van der Waals surface area contributed by atoms with Crippen LogP contribution in [0.25, 0.3) is 5.69 Å². The molecule has 7 rings (SSSR count). The number of hydrogen-bond acceptors (Lipinski definition) is 3.